The number of hydrogen-bond donors (Lipinski definition) is 3. The van der Waals surface area contributed by atoms with Crippen LogP contribution in [0.15, 0.2) is 23.2 Å². The Labute approximate surface area is 142 Å². The van der Waals surface area contributed by atoms with E-state index in [1.54, 1.807) is 12.1 Å². The summed E-state index contributed by atoms with van der Waals surface area (Å²) in [6.45, 7) is 8.19. The molecule has 1 aromatic carbocycles. The van der Waals surface area contributed by atoms with E-state index >= 15 is 0 Å². The standard InChI is InChI=1S/C17H27FN4O2/c1-2-19-17(20-5-6-22-7-9-24-10-8-22)21-12-14-3-4-16(18)15(11-14)13-23/h3-4,11,23H,2,5-10,12-13H2,1H3,(H2,19,20,21). The number of nitrogens with one attached hydrogen (secondary N) is 2. The van der Waals surface area contributed by atoms with E-state index in [2.05, 4.69) is 20.5 Å². The summed E-state index contributed by atoms with van der Waals surface area (Å²) in [4.78, 5) is 6.87. The molecule has 1 aliphatic heterocycles. The molecule has 0 bridgehead atoms. The molecular weight excluding hydrogens is 311 g/mol. The molecule has 6 nitrogen and oxygen atoms in total. The van der Waals surface area contributed by atoms with Crippen molar-refractivity contribution in [3.63, 3.8) is 0 Å². The first-order valence-corrected chi connectivity index (χ1v) is 8.43. The van der Waals surface area contributed by atoms with Gasteiger partial charge >= 0.3 is 0 Å². The summed E-state index contributed by atoms with van der Waals surface area (Å²) in [5, 5.41) is 15.6. The summed E-state index contributed by atoms with van der Waals surface area (Å²) in [5.41, 5.74) is 1.17. The molecule has 0 aromatic heterocycles. The van der Waals surface area contributed by atoms with Crippen molar-refractivity contribution in [3.05, 3.63) is 35.1 Å². The highest BCUT2D eigenvalue weighted by Crippen LogP contribution is 2.11. The first-order valence-electron chi connectivity index (χ1n) is 8.43. The fourth-order valence-corrected chi connectivity index (χ4v) is 2.52. The van der Waals surface area contributed by atoms with Gasteiger partial charge in [0.05, 0.1) is 26.4 Å². The number of halogens is 1. The molecule has 1 aliphatic rings. The van der Waals surface area contributed by atoms with E-state index in [-0.39, 0.29) is 12.4 Å². The van der Waals surface area contributed by atoms with Crippen LogP contribution in [-0.2, 0) is 17.9 Å². The molecule has 1 heterocycles. The zero-order valence-corrected chi connectivity index (χ0v) is 14.2. The number of aliphatic imine (C=N–C) groups is 1. The number of benzene rings is 1. The molecular formula is C17H27FN4O2. The first-order chi connectivity index (χ1) is 11.7. The zero-order chi connectivity index (χ0) is 17.2. The fourth-order valence-electron chi connectivity index (χ4n) is 2.52. The van der Waals surface area contributed by atoms with E-state index in [1.807, 2.05) is 6.92 Å². The summed E-state index contributed by atoms with van der Waals surface area (Å²) in [6, 6.07) is 4.71. The van der Waals surface area contributed by atoms with Gasteiger partial charge in [0.1, 0.15) is 5.82 Å². The Balaban J connectivity index is 1.85. The van der Waals surface area contributed by atoms with Crippen molar-refractivity contribution in [1.82, 2.24) is 15.5 Å². The molecule has 1 aromatic rings. The molecule has 0 radical (unpaired) electrons. The number of aliphatic hydroxyl groups excluding tert-OH is 1. The van der Waals surface area contributed by atoms with Crippen molar-refractivity contribution in [2.75, 3.05) is 45.9 Å². The highest BCUT2D eigenvalue weighted by molar-refractivity contribution is 5.79. The third-order valence-corrected chi connectivity index (χ3v) is 3.87. The molecule has 3 N–H and O–H groups in total. The van der Waals surface area contributed by atoms with Crippen LogP contribution in [0.25, 0.3) is 0 Å². The monoisotopic (exact) mass is 338 g/mol. The molecule has 0 unspecified atom stereocenters. The lowest BCUT2D eigenvalue weighted by atomic mass is 10.1. The Hall–Kier alpha value is -1.70. The van der Waals surface area contributed by atoms with Crippen LogP contribution in [0.1, 0.15) is 18.1 Å². The maximum atomic E-state index is 13.4. The van der Waals surface area contributed by atoms with Crippen LogP contribution in [0.4, 0.5) is 4.39 Å². The number of ether oxygens (including phenoxy) is 1. The maximum Gasteiger partial charge on any atom is 0.191 e. The van der Waals surface area contributed by atoms with Gasteiger partial charge in [-0.15, -0.1) is 0 Å². The smallest absolute Gasteiger partial charge is 0.191 e. The SMILES string of the molecule is CCNC(=NCc1ccc(F)c(CO)c1)NCCN1CCOCC1. The van der Waals surface area contributed by atoms with Gasteiger partial charge in [0.15, 0.2) is 5.96 Å². The molecule has 1 saturated heterocycles. The molecule has 1 fully saturated rings. The molecule has 0 amide bonds. The van der Waals surface area contributed by atoms with Crippen LogP contribution < -0.4 is 10.6 Å². The minimum atomic E-state index is -0.388. The van der Waals surface area contributed by atoms with Gasteiger partial charge in [-0.1, -0.05) is 6.07 Å². The number of nitrogens with zero attached hydrogens (tertiary/aromatic N) is 2. The van der Waals surface area contributed by atoms with Crippen LogP contribution in [0, 0.1) is 5.82 Å². The molecule has 134 valence electrons. The van der Waals surface area contributed by atoms with E-state index in [0.717, 1.165) is 57.5 Å². The molecule has 0 saturated carbocycles. The third-order valence-electron chi connectivity index (χ3n) is 3.87. The lowest BCUT2D eigenvalue weighted by molar-refractivity contribution is 0.0389. The van der Waals surface area contributed by atoms with Crippen molar-refractivity contribution < 1.29 is 14.2 Å². The highest BCUT2D eigenvalue weighted by Gasteiger charge is 2.09. The number of morpholine rings is 1. The summed E-state index contributed by atoms with van der Waals surface area (Å²) in [6.07, 6.45) is 0. The lowest BCUT2D eigenvalue weighted by Crippen LogP contribution is -2.44. The largest absolute Gasteiger partial charge is 0.392 e. The van der Waals surface area contributed by atoms with Crippen LogP contribution >= 0.6 is 0 Å². The van der Waals surface area contributed by atoms with Gasteiger partial charge in [0.25, 0.3) is 0 Å². The van der Waals surface area contributed by atoms with Crippen molar-refractivity contribution in [2.24, 2.45) is 4.99 Å². The van der Waals surface area contributed by atoms with Gasteiger partial charge in [0.2, 0.25) is 0 Å². The predicted octanol–water partition coefficient (Wildman–Crippen LogP) is 0.705. The van der Waals surface area contributed by atoms with Gasteiger partial charge in [0, 0.05) is 38.3 Å². The number of aliphatic hydroxyl groups is 1. The Kier molecular flexibility index (Phi) is 7.94. The molecule has 0 aliphatic carbocycles. The topological polar surface area (TPSA) is 69.1 Å². The fraction of sp³-hybridized carbons (Fsp3) is 0.588. The summed E-state index contributed by atoms with van der Waals surface area (Å²) in [5.74, 6) is 0.349. The number of rotatable bonds is 7. The second kappa shape index (κ2) is 10.2. The Morgan fingerprint density at radius 2 is 2.12 bits per heavy atom. The highest BCUT2D eigenvalue weighted by atomic mass is 19.1. The van der Waals surface area contributed by atoms with Crippen LogP contribution in [-0.4, -0.2) is 61.9 Å². The van der Waals surface area contributed by atoms with E-state index in [1.165, 1.54) is 6.07 Å². The second-order valence-corrected chi connectivity index (χ2v) is 5.66. The van der Waals surface area contributed by atoms with Gasteiger partial charge in [-0.25, -0.2) is 9.38 Å². The van der Waals surface area contributed by atoms with E-state index in [4.69, 9.17) is 9.84 Å². The molecule has 0 spiro atoms. The van der Waals surface area contributed by atoms with Crippen molar-refractivity contribution in [1.29, 1.82) is 0 Å². The van der Waals surface area contributed by atoms with Crippen LogP contribution in [0.3, 0.4) is 0 Å². The summed E-state index contributed by atoms with van der Waals surface area (Å²) < 4.78 is 18.7. The van der Waals surface area contributed by atoms with Crippen molar-refractivity contribution >= 4 is 5.96 Å². The van der Waals surface area contributed by atoms with Crippen molar-refractivity contribution in [3.8, 4) is 0 Å². The van der Waals surface area contributed by atoms with Crippen LogP contribution in [0.5, 0.6) is 0 Å². The Morgan fingerprint density at radius 1 is 1.33 bits per heavy atom. The predicted molar refractivity (Wildman–Crippen MR) is 92.4 cm³/mol. The van der Waals surface area contributed by atoms with E-state index in [9.17, 15) is 4.39 Å². The summed E-state index contributed by atoms with van der Waals surface area (Å²) >= 11 is 0. The first kappa shape index (κ1) is 18.6. The van der Waals surface area contributed by atoms with Crippen molar-refractivity contribution in [2.45, 2.75) is 20.1 Å². The normalized spacial score (nSPS) is 16.2. The van der Waals surface area contributed by atoms with Gasteiger partial charge < -0.3 is 20.5 Å². The molecule has 7 heteroatoms. The second-order valence-electron chi connectivity index (χ2n) is 5.66. The maximum absolute atomic E-state index is 13.4. The minimum Gasteiger partial charge on any atom is -0.392 e. The molecule has 24 heavy (non-hydrogen) atoms. The lowest BCUT2D eigenvalue weighted by Gasteiger charge is -2.26. The average Bonchev–Trinajstić information content (AvgIpc) is 2.61. The van der Waals surface area contributed by atoms with Gasteiger partial charge in [-0.3, -0.25) is 4.90 Å². The quantitative estimate of drug-likeness (QED) is 0.505. The number of hydrogen-bond acceptors (Lipinski definition) is 4. The molecule has 0 atom stereocenters. The third kappa shape index (κ3) is 6.07. The van der Waals surface area contributed by atoms with Crippen LogP contribution in [0.2, 0.25) is 0 Å². The zero-order valence-electron chi connectivity index (χ0n) is 14.2. The van der Waals surface area contributed by atoms with E-state index < -0.39 is 0 Å². The average molecular weight is 338 g/mol. The molecule has 2 rings (SSSR count). The van der Waals surface area contributed by atoms with Gasteiger partial charge in [-0.05, 0) is 24.6 Å². The Morgan fingerprint density at radius 3 is 2.83 bits per heavy atom. The Bertz CT molecular complexity index is 533. The summed E-state index contributed by atoms with van der Waals surface area (Å²) in [7, 11) is 0. The van der Waals surface area contributed by atoms with Gasteiger partial charge in [-0.2, -0.15) is 0 Å². The van der Waals surface area contributed by atoms with E-state index in [0.29, 0.717) is 12.1 Å². The minimum absolute atomic E-state index is 0.299. The number of guanidine groups is 1.